The van der Waals surface area contributed by atoms with E-state index in [1.165, 1.54) is 5.56 Å². The van der Waals surface area contributed by atoms with E-state index in [1.54, 1.807) is 0 Å². The fourth-order valence-electron chi connectivity index (χ4n) is 1.61. The Morgan fingerprint density at radius 3 is 2.69 bits per heavy atom. The van der Waals surface area contributed by atoms with E-state index in [0.717, 1.165) is 6.42 Å². The molecule has 0 saturated heterocycles. The van der Waals surface area contributed by atoms with Crippen molar-refractivity contribution in [1.82, 2.24) is 5.32 Å². The van der Waals surface area contributed by atoms with Gasteiger partial charge < -0.3 is 11.1 Å². The quantitative estimate of drug-likeness (QED) is 0.695. The highest BCUT2D eigenvalue weighted by molar-refractivity contribution is 7.80. The molecule has 68 valence electrons. The summed E-state index contributed by atoms with van der Waals surface area (Å²) in [6.45, 7) is 0. The second kappa shape index (κ2) is 3.34. The van der Waals surface area contributed by atoms with E-state index in [9.17, 15) is 0 Å². The highest BCUT2D eigenvalue weighted by atomic mass is 32.1. The SMILES string of the molecule is NC(=S)N[C@H]1C[C@@H]1c1ccccc1. The number of rotatable bonds is 2. The summed E-state index contributed by atoms with van der Waals surface area (Å²) in [6.07, 6.45) is 1.14. The highest BCUT2D eigenvalue weighted by Crippen LogP contribution is 2.40. The fourth-order valence-corrected chi connectivity index (χ4v) is 1.76. The number of benzene rings is 1. The van der Waals surface area contributed by atoms with Crippen LogP contribution in [-0.2, 0) is 0 Å². The Morgan fingerprint density at radius 1 is 1.38 bits per heavy atom. The molecule has 2 atom stereocenters. The van der Waals surface area contributed by atoms with Crippen molar-refractivity contribution in [2.24, 2.45) is 5.73 Å². The lowest BCUT2D eigenvalue weighted by Gasteiger charge is -2.02. The van der Waals surface area contributed by atoms with Crippen molar-refractivity contribution >= 4 is 17.3 Å². The number of thiocarbonyl (C=S) groups is 1. The van der Waals surface area contributed by atoms with Gasteiger partial charge in [-0.15, -0.1) is 0 Å². The van der Waals surface area contributed by atoms with Gasteiger partial charge in [0.2, 0.25) is 0 Å². The Bertz CT molecular complexity index is 310. The highest BCUT2D eigenvalue weighted by Gasteiger charge is 2.38. The lowest BCUT2D eigenvalue weighted by Crippen LogP contribution is -2.31. The van der Waals surface area contributed by atoms with E-state index in [0.29, 0.717) is 17.1 Å². The normalized spacial score (nSPS) is 25.2. The van der Waals surface area contributed by atoms with Crippen LogP contribution >= 0.6 is 12.2 Å². The molecule has 1 fully saturated rings. The minimum atomic E-state index is 0.406. The van der Waals surface area contributed by atoms with Crippen LogP contribution in [0.5, 0.6) is 0 Å². The Morgan fingerprint density at radius 2 is 2.08 bits per heavy atom. The van der Waals surface area contributed by atoms with Crippen molar-refractivity contribution in [3.8, 4) is 0 Å². The van der Waals surface area contributed by atoms with Crippen LogP contribution in [0, 0.1) is 0 Å². The topological polar surface area (TPSA) is 38.0 Å². The van der Waals surface area contributed by atoms with Crippen LogP contribution in [0.2, 0.25) is 0 Å². The summed E-state index contributed by atoms with van der Waals surface area (Å²) in [5.41, 5.74) is 6.77. The molecule has 2 rings (SSSR count). The van der Waals surface area contributed by atoms with E-state index in [-0.39, 0.29) is 0 Å². The number of hydrogen-bond donors (Lipinski definition) is 2. The van der Waals surface area contributed by atoms with E-state index in [4.69, 9.17) is 18.0 Å². The maximum absolute atomic E-state index is 5.39. The fraction of sp³-hybridized carbons (Fsp3) is 0.300. The van der Waals surface area contributed by atoms with Crippen molar-refractivity contribution in [3.05, 3.63) is 35.9 Å². The molecule has 1 saturated carbocycles. The number of nitrogens with one attached hydrogen (secondary N) is 1. The number of nitrogens with two attached hydrogens (primary N) is 1. The van der Waals surface area contributed by atoms with Gasteiger partial charge in [0.15, 0.2) is 5.11 Å². The first-order valence-electron chi connectivity index (χ1n) is 4.38. The van der Waals surface area contributed by atoms with Gasteiger partial charge in [-0.3, -0.25) is 0 Å². The average Bonchev–Trinajstić information content (AvgIpc) is 2.84. The second-order valence-corrected chi connectivity index (χ2v) is 3.81. The predicted octanol–water partition coefficient (Wildman–Crippen LogP) is 1.38. The molecule has 0 spiro atoms. The summed E-state index contributed by atoms with van der Waals surface area (Å²) >= 11 is 4.78. The molecule has 0 aromatic heterocycles. The van der Waals surface area contributed by atoms with Gasteiger partial charge in [-0.2, -0.15) is 0 Å². The van der Waals surface area contributed by atoms with Crippen molar-refractivity contribution in [2.45, 2.75) is 18.4 Å². The maximum atomic E-state index is 5.39. The summed E-state index contributed by atoms with van der Waals surface area (Å²) in [5.74, 6) is 0.600. The van der Waals surface area contributed by atoms with Crippen LogP contribution in [-0.4, -0.2) is 11.2 Å². The van der Waals surface area contributed by atoms with Crippen molar-refractivity contribution in [2.75, 3.05) is 0 Å². The molecule has 1 aliphatic rings. The molecule has 0 heterocycles. The minimum absolute atomic E-state index is 0.406. The van der Waals surface area contributed by atoms with Crippen molar-refractivity contribution in [1.29, 1.82) is 0 Å². The number of hydrogen-bond acceptors (Lipinski definition) is 1. The summed E-state index contributed by atoms with van der Waals surface area (Å²) in [5, 5.41) is 3.48. The molecule has 1 aromatic rings. The maximum Gasteiger partial charge on any atom is 0.163 e. The van der Waals surface area contributed by atoms with E-state index < -0.39 is 0 Å². The summed E-state index contributed by atoms with van der Waals surface area (Å²) in [6, 6.07) is 10.9. The second-order valence-electron chi connectivity index (χ2n) is 3.37. The van der Waals surface area contributed by atoms with Gasteiger partial charge >= 0.3 is 0 Å². The van der Waals surface area contributed by atoms with Gasteiger partial charge in [-0.25, -0.2) is 0 Å². The van der Waals surface area contributed by atoms with E-state index >= 15 is 0 Å². The van der Waals surface area contributed by atoms with Gasteiger partial charge in [0.1, 0.15) is 0 Å². The van der Waals surface area contributed by atoms with Crippen LogP contribution in [0.4, 0.5) is 0 Å². The summed E-state index contributed by atoms with van der Waals surface area (Å²) < 4.78 is 0. The third-order valence-corrected chi connectivity index (χ3v) is 2.46. The molecule has 1 aromatic carbocycles. The largest absolute Gasteiger partial charge is 0.376 e. The van der Waals surface area contributed by atoms with E-state index in [1.807, 2.05) is 6.07 Å². The lowest BCUT2D eigenvalue weighted by atomic mass is 10.1. The zero-order valence-corrected chi connectivity index (χ0v) is 8.05. The molecule has 2 nitrogen and oxygen atoms in total. The third-order valence-electron chi connectivity index (χ3n) is 2.35. The standard InChI is InChI=1S/C10H12N2S/c11-10(13)12-9-6-8(9)7-4-2-1-3-5-7/h1-5,8-9H,6H2,(H3,11,12,13)/t8-,9+/m1/s1. The summed E-state index contributed by atoms with van der Waals surface area (Å²) in [7, 11) is 0. The zero-order valence-electron chi connectivity index (χ0n) is 7.23. The third kappa shape index (κ3) is 1.98. The van der Waals surface area contributed by atoms with Crippen LogP contribution < -0.4 is 11.1 Å². The van der Waals surface area contributed by atoms with Gasteiger partial charge in [-0.1, -0.05) is 30.3 Å². The molecule has 13 heavy (non-hydrogen) atoms. The minimum Gasteiger partial charge on any atom is -0.376 e. The molecule has 3 N–H and O–H groups in total. The molecule has 0 amide bonds. The van der Waals surface area contributed by atoms with Gasteiger partial charge in [0.05, 0.1) is 0 Å². The monoisotopic (exact) mass is 192 g/mol. The Labute approximate surface area is 83.1 Å². The van der Waals surface area contributed by atoms with Gasteiger partial charge in [-0.05, 0) is 24.2 Å². The smallest absolute Gasteiger partial charge is 0.163 e. The predicted molar refractivity (Wildman–Crippen MR) is 57.5 cm³/mol. The Balaban J connectivity index is 1.97. The first-order chi connectivity index (χ1) is 6.27. The van der Waals surface area contributed by atoms with Gasteiger partial charge in [0.25, 0.3) is 0 Å². The van der Waals surface area contributed by atoms with Crippen LogP contribution in [0.3, 0.4) is 0 Å². The molecule has 1 aliphatic carbocycles. The van der Waals surface area contributed by atoms with Crippen molar-refractivity contribution < 1.29 is 0 Å². The first kappa shape index (κ1) is 8.51. The lowest BCUT2D eigenvalue weighted by molar-refractivity contribution is 0.872. The van der Waals surface area contributed by atoms with Gasteiger partial charge in [0, 0.05) is 12.0 Å². The zero-order chi connectivity index (χ0) is 9.26. The van der Waals surface area contributed by atoms with Crippen molar-refractivity contribution in [3.63, 3.8) is 0 Å². The molecule has 0 bridgehead atoms. The Hall–Kier alpha value is -1.09. The van der Waals surface area contributed by atoms with E-state index in [2.05, 4.69) is 29.6 Å². The molecule has 0 unspecified atom stereocenters. The first-order valence-corrected chi connectivity index (χ1v) is 4.79. The average molecular weight is 192 g/mol. The summed E-state index contributed by atoms with van der Waals surface area (Å²) in [4.78, 5) is 0. The Kier molecular flexibility index (Phi) is 2.19. The van der Waals surface area contributed by atoms with Crippen LogP contribution in [0.25, 0.3) is 0 Å². The molecular weight excluding hydrogens is 180 g/mol. The van der Waals surface area contributed by atoms with Crippen LogP contribution in [0.15, 0.2) is 30.3 Å². The molecular formula is C10H12N2S. The van der Waals surface area contributed by atoms with Crippen LogP contribution in [0.1, 0.15) is 17.9 Å². The molecule has 3 heteroatoms. The molecule has 0 aliphatic heterocycles. The molecule has 0 radical (unpaired) electrons.